The first kappa shape index (κ1) is 9.96. The molecule has 1 aromatic carbocycles. The quantitative estimate of drug-likeness (QED) is 0.459. The molecule has 0 aliphatic heterocycles. The van der Waals surface area contributed by atoms with Crippen LogP contribution in [-0.4, -0.2) is 4.92 Å². The molecule has 2 rings (SSSR count). The van der Waals surface area contributed by atoms with Crippen LogP contribution in [0.2, 0.25) is 0 Å². The largest absolute Gasteiger partial charge is 0.393 e. The van der Waals surface area contributed by atoms with Gasteiger partial charge in [0.25, 0.3) is 5.69 Å². The van der Waals surface area contributed by atoms with Crippen LogP contribution in [0.3, 0.4) is 0 Å². The summed E-state index contributed by atoms with van der Waals surface area (Å²) in [5.41, 5.74) is 7.09. The summed E-state index contributed by atoms with van der Waals surface area (Å²) in [6, 6.07) is 5.11. The number of nitro benzene ring substituents is 1. The van der Waals surface area contributed by atoms with Crippen molar-refractivity contribution in [3.05, 3.63) is 33.9 Å². The number of nitrogens with two attached hydrogens (primary N) is 1. The molecule has 1 aromatic rings. The molecular formula is C11H14N2O2. The van der Waals surface area contributed by atoms with Crippen molar-refractivity contribution < 1.29 is 4.92 Å². The van der Waals surface area contributed by atoms with E-state index in [1.807, 2.05) is 6.07 Å². The first-order valence-electron chi connectivity index (χ1n) is 5.22. The number of rotatable bonds is 2. The molecular weight excluding hydrogens is 192 g/mol. The number of hydrogen-bond donors (Lipinski definition) is 1. The van der Waals surface area contributed by atoms with E-state index in [1.54, 1.807) is 6.07 Å². The van der Waals surface area contributed by atoms with E-state index < -0.39 is 4.92 Å². The number of hydrogen-bond acceptors (Lipinski definition) is 3. The van der Waals surface area contributed by atoms with E-state index >= 15 is 0 Å². The van der Waals surface area contributed by atoms with Gasteiger partial charge in [0.2, 0.25) is 0 Å². The average molecular weight is 206 g/mol. The zero-order chi connectivity index (χ0) is 10.8. The highest BCUT2D eigenvalue weighted by Crippen LogP contribution is 2.36. The smallest absolute Gasteiger partial charge is 0.292 e. The summed E-state index contributed by atoms with van der Waals surface area (Å²) in [6.07, 6.45) is 4.86. The molecule has 0 aromatic heterocycles. The van der Waals surface area contributed by atoms with E-state index in [2.05, 4.69) is 0 Å². The highest BCUT2D eigenvalue weighted by atomic mass is 16.6. The van der Waals surface area contributed by atoms with Crippen LogP contribution in [0.5, 0.6) is 0 Å². The Hall–Kier alpha value is -1.58. The molecule has 0 heterocycles. The van der Waals surface area contributed by atoms with Crippen LogP contribution in [0.25, 0.3) is 0 Å². The summed E-state index contributed by atoms with van der Waals surface area (Å²) in [5, 5.41) is 10.6. The van der Waals surface area contributed by atoms with Crippen molar-refractivity contribution in [2.24, 2.45) is 0 Å². The minimum Gasteiger partial charge on any atom is -0.393 e. The SMILES string of the molecule is Nc1cc(C2CCCC2)ccc1[N+](=O)[O-]. The Morgan fingerprint density at radius 3 is 2.53 bits per heavy atom. The van der Waals surface area contributed by atoms with E-state index in [1.165, 1.54) is 31.7 Å². The summed E-state index contributed by atoms with van der Waals surface area (Å²) in [4.78, 5) is 10.1. The Bertz CT molecular complexity index is 384. The average Bonchev–Trinajstić information content (AvgIpc) is 2.69. The van der Waals surface area contributed by atoms with Crippen molar-refractivity contribution in [3.63, 3.8) is 0 Å². The van der Waals surface area contributed by atoms with Crippen molar-refractivity contribution in [3.8, 4) is 0 Å². The highest BCUT2D eigenvalue weighted by molar-refractivity contribution is 5.59. The first-order chi connectivity index (χ1) is 7.18. The van der Waals surface area contributed by atoms with Crippen molar-refractivity contribution in [2.45, 2.75) is 31.6 Å². The van der Waals surface area contributed by atoms with Gasteiger partial charge < -0.3 is 5.73 Å². The zero-order valence-corrected chi connectivity index (χ0v) is 8.48. The van der Waals surface area contributed by atoms with E-state index in [9.17, 15) is 10.1 Å². The zero-order valence-electron chi connectivity index (χ0n) is 8.48. The fourth-order valence-electron chi connectivity index (χ4n) is 2.25. The van der Waals surface area contributed by atoms with Crippen molar-refractivity contribution in [2.75, 3.05) is 5.73 Å². The van der Waals surface area contributed by atoms with Gasteiger partial charge in [0, 0.05) is 6.07 Å². The third-order valence-electron chi connectivity index (χ3n) is 3.07. The molecule has 80 valence electrons. The maximum atomic E-state index is 10.6. The molecule has 0 spiro atoms. The lowest BCUT2D eigenvalue weighted by Crippen LogP contribution is -1.99. The van der Waals surface area contributed by atoms with Crippen LogP contribution < -0.4 is 5.73 Å². The standard InChI is InChI=1S/C11H14N2O2/c12-10-7-9(8-3-1-2-4-8)5-6-11(10)13(14)15/h5-8H,1-4,12H2. The minimum absolute atomic E-state index is 0.0109. The van der Waals surface area contributed by atoms with E-state index in [4.69, 9.17) is 5.73 Å². The third-order valence-corrected chi connectivity index (χ3v) is 3.07. The molecule has 0 saturated heterocycles. The fourth-order valence-corrected chi connectivity index (χ4v) is 2.25. The number of nitro groups is 1. The Balaban J connectivity index is 2.28. The second kappa shape index (κ2) is 3.88. The Kier molecular flexibility index (Phi) is 2.58. The molecule has 0 atom stereocenters. The summed E-state index contributed by atoms with van der Waals surface area (Å²) in [7, 11) is 0. The molecule has 0 radical (unpaired) electrons. The monoisotopic (exact) mass is 206 g/mol. The molecule has 0 bridgehead atoms. The summed E-state index contributed by atoms with van der Waals surface area (Å²) in [6.45, 7) is 0. The van der Waals surface area contributed by atoms with Crippen LogP contribution in [0.1, 0.15) is 37.2 Å². The van der Waals surface area contributed by atoms with Gasteiger partial charge in [-0.3, -0.25) is 10.1 Å². The lowest BCUT2D eigenvalue weighted by atomic mass is 9.97. The van der Waals surface area contributed by atoms with Gasteiger partial charge in [-0.25, -0.2) is 0 Å². The molecule has 15 heavy (non-hydrogen) atoms. The van der Waals surface area contributed by atoms with Gasteiger partial charge in [-0.15, -0.1) is 0 Å². The summed E-state index contributed by atoms with van der Waals surface area (Å²) in [5.74, 6) is 0.549. The van der Waals surface area contributed by atoms with Gasteiger partial charge >= 0.3 is 0 Å². The predicted molar refractivity (Wildman–Crippen MR) is 58.7 cm³/mol. The van der Waals surface area contributed by atoms with Gasteiger partial charge in [-0.2, -0.15) is 0 Å². The lowest BCUT2D eigenvalue weighted by Gasteiger charge is -2.09. The number of nitrogens with zero attached hydrogens (tertiary/aromatic N) is 1. The number of benzene rings is 1. The molecule has 1 fully saturated rings. The molecule has 0 unspecified atom stereocenters. The molecule has 4 nitrogen and oxygen atoms in total. The number of nitrogen functional groups attached to an aromatic ring is 1. The number of anilines is 1. The van der Waals surface area contributed by atoms with E-state index in [0.29, 0.717) is 5.92 Å². The maximum absolute atomic E-state index is 10.6. The van der Waals surface area contributed by atoms with Gasteiger partial charge in [0.1, 0.15) is 5.69 Å². The van der Waals surface area contributed by atoms with Gasteiger partial charge in [-0.05, 0) is 30.4 Å². The second-order valence-corrected chi connectivity index (χ2v) is 4.06. The molecule has 1 saturated carbocycles. The fraction of sp³-hybridized carbons (Fsp3) is 0.455. The maximum Gasteiger partial charge on any atom is 0.292 e. The molecule has 0 amide bonds. The van der Waals surface area contributed by atoms with Gasteiger partial charge in [-0.1, -0.05) is 18.9 Å². The predicted octanol–water partition coefficient (Wildman–Crippen LogP) is 2.83. The van der Waals surface area contributed by atoms with E-state index in [-0.39, 0.29) is 11.4 Å². The molecule has 4 heteroatoms. The molecule has 1 aliphatic rings. The van der Waals surface area contributed by atoms with Crippen molar-refractivity contribution >= 4 is 11.4 Å². The van der Waals surface area contributed by atoms with Crippen molar-refractivity contribution in [1.82, 2.24) is 0 Å². The molecule has 1 aliphatic carbocycles. The van der Waals surface area contributed by atoms with Crippen LogP contribution in [0.4, 0.5) is 11.4 Å². The van der Waals surface area contributed by atoms with Crippen LogP contribution in [-0.2, 0) is 0 Å². The van der Waals surface area contributed by atoms with E-state index in [0.717, 1.165) is 5.56 Å². The van der Waals surface area contributed by atoms with Crippen LogP contribution in [0.15, 0.2) is 18.2 Å². The Morgan fingerprint density at radius 2 is 2.00 bits per heavy atom. The summed E-state index contributed by atoms with van der Waals surface area (Å²) < 4.78 is 0. The van der Waals surface area contributed by atoms with Crippen LogP contribution in [0, 0.1) is 10.1 Å². The summed E-state index contributed by atoms with van der Waals surface area (Å²) >= 11 is 0. The highest BCUT2D eigenvalue weighted by Gasteiger charge is 2.19. The Morgan fingerprint density at radius 1 is 1.33 bits per heavy atom. The molecule has 2 N–H and O–H groups in total. The third kappa shape index (κ3) is 1.93. The Labute approximate surface area is 88.2 Å². The normalized spacial score (nSPS) is 16.8. The van der Waals surface area contributed by atoms with Crippen LogP contribution >= 0.6 is 0 Å². The minimum atomic E-state index is -0.437. The van der Waals surface area contributed by atoms with Gasteiger partial charge in [0.05, 0.1) is 4.92 Å². The topological polar surface area (TPSA) is 69.2 Å². The van der Waals surface area contributed by atoms with Gasteiger partial charge in [0.15, 0.2) is 0 Å². The van der Waals surface area contributed by atoms with Crippen molar-refractivity contribution in [1.29, 1.82) is 0 Å². The lowest BCUT2D eigenvalue weighted by molar-refractivity contribution is -0.383. The second-order valence-electron chi connectivity index (χ2n) is 4.06. The first-order valence-corrected chi connectivity index (χ1v) is 5.22.